The van der Waals surface area contributed by atoms with Crippen LogP contribution in [-0.4, -0.2) is 33.9 Å². The number of aliphatic carboxylic acids is 1. The lowest BCUT2D eigenvalue weighted by Gasteiger charge is -2.16. The van der Waals surface area contributed by atoms with Gasteiger partial charge in [0, 0.05) is 6.20 Å². The third-order valence-electron chi connectivity index (χ3n) is 2.35. The van der Waals surface area contributed by atoms with Crippen molar-refractivity contribution in [3.63, 3.8) is 0 Å². The number of rotatable bonds is 6. The normalized spacial score (nSPS) is 12.2. The lowest BCUT2D eigenvalue weighted by Crippen LogP contribution is -2.23. The molecule has 0 aliphatic carbocycles. The second kappa shape index (κ2) is 7.13. The summed E-state index contributed by atoms with van der Waals surface area (Å²) in [6, 6.07) is 3.22. The van der Waals surface area contributed by atoms with E-state index >= 15 is 0 Å². The SMILES string of the molecule is CCOC(=O)c1cccnc1SC(C(=O)O)C(C)C. The van der Waals surface area contributed by atoms with Gasteiger partial charge < -0.3 is 9.84 Å². The van der Waals surface area contributed by atoms with Crippen molar-refractivity contribution in [1.82, 2.24) is 4.98 Å². The molecule has 104 valence electrons. The molecule has 0 aliphatic rings. The molecule has 0 aliphatic heterocycles. The van der Waals surface area contributed by atoms with Gasteiger partial charge >= 0.3 is 11.9 Å². The van der Waals surface area contributed by atoms with Crippen LogP contribution >= 0.6 is 11.8 Å². The highest BCUT2D eigenvalue weighted by Gasteiger charge is 2.26. The lowest BCUT2D eigenvalue weighted by atomic mass is 10.1. The molecule has 1 N–H and O–H groups in total. The van der Waals surface area contributed by atoms with Crippen LogP contribution in [0.15, 0.2) is 23.4 Å². The molecule has 0 aromatic carbocycles. The number of carbonyl (C=O) groups is 2. The van der Waals surface area contributed by atoms with E-state index in [-0.39, 0.29) is 12.5 Å². The van der Waals surface area contributed by atoms with E-state index in [2.05, 4.69) is 4.98 Å². The van der Waals surface area contributed by atoms with Gasteiger partial charge in [-0.2, -0.15) is 0 Å². The Hall–Kier alpha value is -1.56. The summed E-state index contributed by atoms with van der Waals surface area (Å²) >= 11 is 1.07. The number of carboxylic acids is 1. The number of thioether (sulfide) groups is 1. The number of ether oxygens (including phenoxy) is 1. The van der Waals surface area contributed by atoms with Gasteiger partial charge in [-0.05, 0) is 25.0 Å². The molecule has 0 spiro atoms. The number of hydrogen-bond acceptors (Lipinski definition) is 5. The molecule has 1 aromatic heterocycles. The molecule has 5 nitrogen and oxygen atoms in total. The molecule has 1 heterocycles. The van der Waals surface area contributed by atoms with E-state index in [1.54, 1.807) is 19.1 Å². The van der Waals surface area contributed by atoms with E-state index in [1.807, 2.05) is 13.8 Å². The highest BCUT2D eigenvalue weighted by Crippen LogP contribution is 2.29. The minimum atomic E-state index is -0.916. The first kappa shape index (κ1) is 15.5. The Morgan fingerprint density at radius 2 is 2.16 bits per heavy atom. The van der Waals surface area contributed by atoms with Gasteiger partial charge in [0.2, 0.25) is 0 Å². The third kappa shape index (κ3) is 4.24. The van der Waals surface area contributed by atoms with Crippen LogP contribution in [0.4, 0.5) is 0 Å². The smallest absolute Gasteiger partial charge is 0.340 e. The van der Waals surface area contributed by atoms with Gasteiger partial charge in [-0.15, -0.1) is 0 Å². The van der Waals surface area contributed by atoms with Crippen LogP contribution in [-0.2, 0) is 9.53 Å². The fourth-order valence-corrected chi connectivity index (χ4v) is 2.45. The predicted molar refractivity (Wildman–Crippen MR) is 72.3 cm³/mol. The molecule has 1 rings (SSSR count). The Kier molecular flexibility index (Phi) is 5.82. The van der Waals surface area contributed by atoms with E-state index in [0.717, 1.165) is 11.8 Å². The molecular formula is C13H17NO4S. The first-order valence-electron chi connectivity index (χ1n) is 5.99. The standard InChI is InChI=1S/C13H17NO4S/c1-4-18-13(17)9-6-5-7-14-11(9)19-10(8(2)3)12(15)16/h5-8,10H,4H2,1-3H3,(H,15,16). The Morgan fingerprint density at radius 1 is 1.47 bits per heavy atom. The summed E-state index contributed by atoms with van der Waals surface area (Å²) in [4.78, 5) is 27.0. The van der Waals surface area contributed by atoms with Gasteiger partial charge in [-0.3, -0.25) is 4.79 Å². The minimum absolute atomic E-state index is 0.0699. The number of esters is 1. The topological polar surface area (TPSA) is 76.5 Å². The average Bonchev–Trinajstić information content (AvgIpc) is 2.35. The second-order valence-electron chi connectivity index (χ2n) is 4.20. The van der Waals surface area contributed by atoms with Crippen LogP contribution in [0.5, 0.6) is 0 Å². The fourth-order valence-electron chi connectivity index (χ4n) is 1.44. The fraction of sp³-hybridized carbons (Fsp3) is 0.462. The number of aromatic nitrogens is 1. The number of carboxylic acid groups (broad SMARTS) is 1. The summed E-state index contributed by atoms with van der Waals surface area (Å²) in [6.45, 7) is 5.62. The molecule has 0 amide bonds. The van der Waals surface area contributed by atoms with Crippen LogP contribution in [0.3, 0.4) is 0 Å². The van der Waals surface area contributed by atoms with Crippen molar-refractivity contribution >= 4 is 23.7 Å². The molecule has 0 fully saturated rings. The van der Waals surface area contributed by atoms with Crippen molar-refractivity contribution < 1.29 is 19.4 Å². The molecule has 0 radical (unpaired) electrons. The van der Waals surface area contributed by atoms with Crippen molar-refractivity contribution in [1.29, 1.82) is 0 Å². The molecular weight excluding hydrogens is 266 g/mol. The van der Waals surface area contributed by atoms with Crippen molar-refractivity contribution in [2.24, 2.45) is 5.92 Å². The summed E-state index contributed by atoms with van der Waals surface area (Å²) in [5.41, 5.74) is 0.307. The Labute approximate surface area is 116 Å². The van der Waals surface area contributed by atoms with Crippen molar-refractivity contribution in [3.05, 3.63) is 23.9 Å². The maximum absolute atomic E-state index is 11.8. The quantitative estimate of drug-likeness (QED) is 0.638. The molecule has 1 atom stereocenters. The summed E-state index contributed by atoms with van der Waals surface area (Å²) in [5.74, 6) is -1.47. The molecule has 0 saturated carbocycles. The van der Waals surface area contributed by atoms with Crippen molar-refractivity contribution in [3.8, 4) is 0 Å². The zero-order valence-electron chi connectivity index (χ0n) is 11.1. The molecule has 1 unspecified atom stereocenters. The number of carbonyl (C=O) groups excluding carboxylic acids is 1. The van der Waals surface area contributed by atoms with E-state index < -0.39 is 17.2 Å². The zero-order chi connectivity index (χ0) is 14.4. The van der Waals surface area contributed by atoms with Gasteiger partial charge in [0.15, 0.2) is 0 Å². The average molecular weight is 283 g/mol. The first-order valence-corrected chi connectivity index (χ1v) is 6.87. The molecule has 1 aromatic rings. The first-order chi connectivity index (χ1) is 8.97. The summed E-state index contributed by atoms with van der Waals surface area (Å²) in [5, 5.41) is 8.91. The minimum Gasteiger partial charge on any atom is -0.480 e. The Morgan fingerprint density at radius 3 is 2.68 bits per heavy atom. The van der Waals surface area contributed by atoms with Crippen LogP contribution < -0.4 is 0 Å². The predicted octanol–water partition coefficient (Wildman–Crippen LogP) is 2.46. The lowest BCUT2D eigenvalue weighted by molar-refractivity contribution is -0.137. The maximum Gasteiger partial charge on any atom is 0.340 e. The number of pyridine rings is 1. The van der Waals surface area contributed by atoms with Crippen molar-refractivity contribution in [2.45, 2.75) is 31.0 Å². The molecule has 19 heavy (non-hydrogen) atoms. The third-order valence-corrected chi connectivity index (χ3v) is 3.90. The van der Waals surface area contributed by atoms with Crippen LogP contribution in [0.25, 0.3) is 0 Å². The Balaban J connectivity index is 3.00. The highest BCUT2D eigenvalue weighted by molar-refractivity contribution is 8.00. The van der Waals surface area contributed by atoms with Gasteiger partial charge in [-0.25, -0.2) is 9.78 Å². The van der Waals surface area contributed by atoms with Gasteiger partial charge in [0.05, 0.1) is 12.2 Å². The van der Waals surface area contributed by atoms with E-state index in [1.165, 1.54) is 6.20 Å². The molecule has 6 heteroatoms. The van der Waals surface area contributed by atoms with E-state index in [0.29, 0.717) is 10.6 Å². The Bertz CT molecular complexity index is 462. The highest BCUT2D eigenvalue weighted by atomic mass is 32.2. The van der Waals surface area contributed by atoms with Gasteiger partial charge in [-0.1, -0.05) is 25.6 Å². The number of nitrogens with zero attached hydrogens (tertiary/aromatic N) is 1. The summed E-state index contributed by atoms with van der Waals surface area (Å²) in [6.07, 6.45) is 1.53. The zero-order valence-corrected chi connectivity index (χ0v) is 11.9. The van der Waals surface area contributed by atoms with Crippen molar-refractivity contribution in [2.75, 3.05) is 6.61 Å². The molecule has 0 bridgehead atoms. The van der Waals surface area contributed by atoms with Crippen LogP contribution in [0, 0.1) is 5.92 Å². The van der Waals surface area contributed by atoms with Gasteiger partial charge in [0.25, 0.3) is 0 Å². The molecule has 0 saturated heterocycles. The monoisotopic (exact) mass is 283 g/mol. The number of hydrogen-bond donors (Lipinski definition) is 1. The van der Waals surface area contributed by atoms with E-state index in [4.69, 9.17) is 4.74 Å². The summed E-state index contributed by atoms with van der Waals surface area (Å²) < 4.78 is 4.93. The maximum atomic E-state index is 11.8. The summed E-state index contributed by atoms with van der Waals surface area (Å²) in [7, 11) is 0. The van der Waals surface area contributed by atoms with Gasteiger partial charge in [0.1, 0.15) is 10.3 Å². The van der Waals surface area contributed by atoms with Crippen LogP contribution in [0.1, 0.15) is 31.1 Å². The largest absolute Gasteiger partial charge is 0.480 e. The van der Waals surface area contributed by atoms with Crippen LogP contribution in [0.2, 0.25) is 0 Å². The van der Waals surface area contributed by atoms with E-state index in [9.17, 15) is 14.7 Å². The second-order valence-corrected chi connectivity index (χ2v) is 5.33.